The van der Waals surface area contributed by atoms with E-state index in [9.17, 15) is 0 Å². The molecule has 2 heteroatoms. The van der Waals surface area contributed by atoms with Crippen LogP contribution in [0.4, 0.5) is 0 Å². The van der Waals surface area contributed by atoms with Gasteiger partial charge >= 0.3 is 0 Å². The van der Waals surface area contributed by atoms with Crippen LogP contribution < -0.4 is 5.32 Å². The molecule has 108 valence electrons. The van der Waals surface area contributed by atoms with Crippen LogP contribution in [0.3, 0.4) is 0 Å². The number of aromatic nitrogens is 1. The van der Waals surface area contributed by atoms with Gasteiger partial charge in [0.1, 0.15) is 0 Å². The zero-order valence-corrected chi connectivity index (χ0v) is 12.5. The van der Waals surface area contributed by atoms with Crippen molar-refractivity contribution < 1.29 is 0 Å². The molecule has 1 atom stereocenters. The number of nitrogens with one attached hydrogen (secondary N) is 2. The summed E-state index contributed by atoms with van der Waals surface area (Å²) in [6, 6.07) is 8.74. The molecule has 3 rings (SSSR count). The van der Waals surface area contributed by atoms with Crippen molar-refractivity contribution in [2.75, 3.05) is 13.6 Å². The lowest BCUT2D eigenvalue weighted by Crippen LogP contribution is -2.20. The Kier molecular flexibility index (Phi) is 4.41. The predicted octanol–water partition coefficient (Wildman–Crippen LogP) is 4.44. The number of hydrogen-bond donors (Lipinski definition) is 2. The van der Waals surface area contributed by atoms with Gasteiger partial charge in [-0.25, -0.2) is 0 Å². The van der Waals surface area contributed by atoms with Gasteiger partial charge in [0.15, 0.2) is 0 Å². The highest BCUT2D eigenvalue weighted by atomic mass is 14.8. The van der Waals surface area contributed by atoms with E-state index in [4.69, 9.17) is 0 Å². The number of hydrogen-bond acceptors (Lipinski definition) is 1. The molecule has 1 unspecified atom stereocenters. The maximum absolute atomic E-state index is 3.46. The second kappa shape index (κ2) is 6.45. The molecule has 0 saturated heterocycles. The van der Waals surface area contributed by atoms with Crippen LogP contribution in [0.2, 0.25) is 0 Å². The topological polar surface area (TPSA) is 27.8 Å². The fraction of sp³-hybridized carbons (Fsp3) is 0.556. The third-order valence-electron chi connectivity index (χ3n) is 4.94. The summed E-state index contributed by atoms with van der Waals surface area (Å²) >= 11 is 0. The van der Waals surface area contributed by atoms with Crippen LogP contribution in [0.1, 0.15) is 50.0 Å². The van der Waals surface area contributed by atoms with Crippen LogP contribution in [0.15, 0.2) is 30.5 Å². The number of aromatic amines is 1. The number of para-hydroxylation sites is 1. The van der Waals surface area contributed by atoms with E-state index in [1.165, 1.54) is 49.4 Å². The summed E-state index contributed by atoms with van der Waals surface area (Å²) in [7, 11) is 2.06. The van der Waals surface area contributed by atoms with E-state index in [1.54, 1.807) is 5.56 Å². The van der Waals surface area contributed by atoms with Gasteiger partial charge in [-0.3, -0.25) is 0 Å². The first-order chi connectivity index (χ1) is 9.90. The predicted molar refractivity (Wildman–Crippen MR) is 86.2 cm³/mol. The van der Waals surface area contributed by atoms with E-state index in [-0.39, 0.29) is 0 Å². The summed E-state index contributed by atoms with van der Waals surface area (Å²) in [5.74, 6) is 1.58. The fourth-order valence-corrected chi connectivity index (χ4v) is 3.88. The summed E-state index contributed by atoms with van der Waals surface area (Å²) < 4.78 is 0. The lowest BCUT2D eigenvalue weighted by atomic mass is 9.75. The summed E-state index contributed by atoms with van der Waals surface area (Å²) in [5.41, 5.74) is 2.83. The molecule has 1 aliphatic rings. The third-order valence-corrected chi connectivity index (χ3v) is 4.94. The monoisotopic (exact) mass is 270 g/mol. The van der Waals surface area contributed by atoms with Crippen LogP contribution in [0.25, 0.3) is 10.9 Å². The zero-order chi connectivity index (χ0) is 13.8. The first-order valence-corrected chi connectivity index (χ1v) is 8.11. The Labute approximate surface area is 122 Å². The van der Waals surface area contributed by atoms with Crippen LogP contribution in [0.5, 0.6) is 0 Å². The molecule has 1 aliphatic carbocycles. The van der Waals surface area contributed by atoms with Gasteiger partial charge in [-0.1, -0.05) is 37.5 Å². The van der Waals surface area contributed by atoms with Crippen LogP contribution in [-0.4, -0.2) is 18.6 Å². The van der Waals surface area contributed by atoms with Crippen molar-refractivity contribution in [2.24, 2.45) is 5.92 Å². The number of H-pyrrole nitrogens is 1. The molecule has 0 radical (unpaired) electrons. The molecular weight excluding hydrogens is 244 g/mol. The van der Waals surface area contributed by atoms with Gasteiger partial charge in [0, 0.05) is 17.1 Å². The zero-order valence-electron chi connectivity index (χ0n) is 12.5. The van der Waals surface area contributed by atoms with E-state index in [0.717, 1.165) is 12.5 Å². The highest BCUT2D eigenvalue weighted by Crippen LogP contribution is 2.40. The Bertz CT molecular complexity index is 537. The first-order valence-electron chi connectivity index (χ1n) is 8.11. The van der Waals surface area contributed by atoms with Crippen molar-refractivity contribution >= 4 is 10.9 Å². The highest BCUT2D eigenvalue weighted by Gasteiger charge is 2.26. The van der Waals surface area contributed by atoms with Crippen molar-refractivity contribution in [3.05, 3.63) is 36.0 Å². The lowest BCUT2D eigenvalue weighted by Gasteiger charge is -2.30. The molecule has 1 aromatic heterocycles. The normalized spacial score (nSPS) is 18.4. The molecule has 1 fully saturated rings. The summed E-state index contributed by atoms with van der Waals surface area (Å²) in [6.45, 7) is 1.11. The van der Waals surface area contributed by atoms with Crippen molar-refractivity contribution in [2.45, 2.75) is 44.4 Å². The lowest BCUT2D eigenvalue weighted by molar-refractivity contribution is 0.294. The van der Waals surface area contributed by atoms with Gasteiger partial charge in [0.2, 0.25) is 0 Å². The third kappa shape index (κ3) is 2.76. The Morgan fingerprint density at radius 1 is 1.20 bits per heavy atom. The van der Waals surface area contributed by atoms with Crippen molar-refractivity contribution in [3.63, 3.8) is 0 Å². The highest BCUT2D eigenvalue weighted by molar-refractivity contribution is 5.83. The summed E-state index contributed by atoms with van der Waals surface area (Å²) in [6.07, 6.45) is 10.6. The SMILES string of the molecule is CNCCC(c1c[nH]c2ccccc12)C1CCCCC1. The minimum absolute atomic E-state index is 0.707. The number of rotatable bonds is 5. The Hall–Kier alpha value is -1.28. The van der Waals surface area contributed by atoms with Gasteiger partial charge < -0.3 is 10.3 Å². The van der Waals surface area contributed by atoms with E-state index < -0.39 is 0 Å². The minimum atomic E-state index is 0.707. The van der Waals surface area contributed by atoms with Crippen LogP contribution in [-0.2, 0) is 0 Å². The quantitative estimate of drug-likeness (QED) is 0.826. The maximum Gasteiger partial charge on any atom is 0.0456 e. The molecule has 2 nitrogen and oxygen atoms in total. The number of benzene rings is 1. The summed E-state index contributed by atoms with van der Waals surface area (Å²) in [5, 5.41) is 4.77. The second-order valence-corrected chi connectivity index (χ2v) is 6.19. The van der Waals surface area contributed by atoms with Crippen molar-refractivity contribution in [1.29, 1.82) is 0 Å². The molecule has 20 heavy (non-hydrogen) atoms. The van der Waals surface area contributed by atoms with E-state index in [2.05, 4.69) is 47.8 Å². The van der Waals surface area contributed by atoms with Gasteiger partial charge in [-0.2, -0.15) is 0 Å². The smallest absolute Gasteiger partial charge is 0.0456 e. The molecule has 0 spiro atoms. The molecule has 0 amide bonds. The molecule has 1 heterocycles. The summed E-state index contributed by atoms with van der Waals surface area (Å²) in [4.78, 5) is 3.46. The molecule has 2 aromatic rings. The second-order valence-electron chi connectivity index (χ2n) is 6.19. The van der Waals surface area contributed by atoms with Gasteiger partial charge in [-0.05, 0) is 56.3 Å². The number of fused-ring (bicyclic) bond motifs is 1. The van der Waals surface area contributed by atoms with E-state index in [0.29, 0.717) is 5.92 Å². The Morgan fingerprint density at radius 2 is 2.00 bits per heavy atom. The minimum Gasteiger partial charge on any atom is -0.361 e. The standard InChI is InChI=1S/C18H26N2/c1-19-12-11-15(14-7-3-2-4-8-14)17-13-20-18-10-6-5-9-16(17)18/h5-6,9-10,13-15,19-20H,2-4,7-8,11-12H2,1H3. The molecular formula is C18H26N2. The van der Waals surface area contributed by atoms with Crippen LogP contribution in [0, 0.1) is 5.92 Å². The molecule has 1 saturated carbocycles. The first kappa shape index (κ1) is 13.7. The molecule has 1 aromatic carbocycles. The maximum atomic E-state index is 3.46. The average molecular weight is 270 g/mol. The molecule has 0 aliphatic heterocycles. The largest absolute Gasteiger partial charge is 0.361 e. The van der Waals surface area contributed by atoms with Gasteiger partial charge in [0.05, 0.1) is 0 Å². The average Bonchev–Trinajstić information content (AvgIpc) is 2.93. The Morgan fingerprint density at radius 3 is 2.80 bits per heavy atom. The van der Waals surface area contributed by atoms with Gasteiger partial charge in [0.25, 0.3) is 0 Å². The van der Waals surface area contributed by atoms with Crippen molar-refractivity contribution in [1.82, 2.24) is 10.3 Å². The van der Waals surface area contributed by atoms with E-state index in [1.807, 2.05) is 0 Å². The molecule has 0 bridgehead atoms. The molecule has 2 N–H and O–H groups in total. The Balaban J connectivity index is 1.90. The van der Waals surface area contributed by atoms with Crippen molar-refractivity contribution in [3.8, 4) is 0 Å². The fourth-order valence-electron chi connectivity index (χ4n) is 3.88. The van der Waals surface area contributed by atoms with Crippen LogP contribution >= 0.6 is 0 Å². The van der Waals surface area contributed by atoms with E-state index >= 15 is 0 Å². The van der Waals surface area contributed by atoms with Gasteiger partial charge in [-0.15, -0.1) is 0 Å².